The average molecular weight is 654 g/mol. The van der Waals surface area contributed by atoms with Gasteiger partial charge in [-0.05, 0) is 72.4 Å². The Morgan fingerprint density at radius 2 is 1.68 bits per heavy atom. The first-order valence-electron chi connectivity index (χ1n) is 16.1. The number of hydrogen-bond acceptors (Lipinski definition) is 9. The molecule has 2 aromatic carbocycles. The molecule has 1 aliphatic heterocycles. The van der Waals surface area contributed by atoms with E-state index in [1.807, 2.05) is 42.3 Å². The van der Waals surface area contributed by atoms with Gasteiger partial charge in [-0.25, -0.2) is 9.97 Å². The molecule has 5 rings (SSSR count). The molecule has 0 fully saturated rings. The van der Waals surface area contributed by atoms with Crippen LogP contribution in [0, 0.1) is 24.7 Å². The summed E-state index contributed by atoms with van der Waals surface area (Å²) in [5, 5.41) is 0. The number of aryl methyl sites for hydroxylation is 2. The highest BCUT2D eigenvalue weighted by Gasteiger charge is 2.31. The normalized spacial score (nSPS) is 15.6. The lowest BCUT2D eigenvalue weighted by Gasteiger charge is -2.35. The first-order chi connectivity index (χ1) is 22.1. The van der Waals surface area contributed by atoms with Crippen molar-refractivity contribution >= 4 is 29.6 Å². The van der Waals surface area contributed by atoms with Gasteiger partial charge in [0.15, 0.2) is 0 Å². The van der Waals surface area contributed by atoms with E-state index in [9.17, 15) is 4.79 Å². The number of hydrogen-bond donors (Lipinski definition) is 1. The summed E-state index contributed by atoms with van der Waals surface area (Å²) in [5.41, 5.74) is 5.38. The summed E-state index contributed by atoms with van der Waals surface area (Å²) < 4.78 is 9.81. The number of nitrogens with zero attached hydrogens (tertiary/aromatic N) is 6. The molecule has 0 aliphatic carbocycles. The van der Waals surface area contributed by atoms with E-state index in [4.69, 9.17) is 19.7 Å². The van der Waals surface area contributed by atoms with Crippen LogP contribution in [0.4, 0.5) is 11.8 Å². The Balaban J connectivity index is 1.57. The summed E-state index contributed by atoms with van der Waals surface area (Å²) in [6, 6.07) is 15.5. The lowest BCUT2D eigenvalue weighted by molar-refractivity contribution is 0.0509. The fourth-order valence-electron chi connectivity index (χ4n) is 5.99. The molecule has 0 radical (unpaired) electrons. The first kappa shape index (κ1) is 34.2. The van der Waals surface area contributed by atoms with Crippen LogP contribution < -0.4 is 14.4 Å². The van der Waals surface area contributed by atoms with Crippen LogP contribution >= 0.6 is 11.9 Å². The summed E-state index contributed by atoms with van der Waals surface area (Å²) in [6.07, 6.45) is 4.23. The monoisotopic (exact) mass is 653 g/mol. The lowest BCUT2D eigenvalue weighted by Crippen LogP contribution is -2.45. The molecule has 4 aromatic rings. The van der Waals surface area contributed by atoms with Crippen LogP contribution in [0.3, 0.4) is 0 Å². The van der Waals surface area contributed by atoms with Gasteiger partial charge in [0.1, 0.15) is 12.4 Å². The summed E-state index contributed by atoms with van der Waals surface area (Å²) in [6.45, 7) is 18.7. The van der Waals surface area contributed by atoms with E-state index in [-0.39, 0.29) is 35.9 Å². The topological polar surface area (TPSA) is 96.4 Å². The Hall–Kier alpha value is -4.18. The molecule has 1 N–H and O–H groups in total. The predicted octanol–water partition coefficient (Wildman–Crippen LogP) is 7.99. The minimum atomic E-state index is -0.285. The van der Waals surface area contributed by atoms with E-state index < -0.39 is 0 Å². The van der Waals surface area contributed by atoms with Crippen LogP contribution in [0.25, 0.3) is 11.3 Å². The number of carbonyl (C=O) groups is 1. The third-order valence-corrected chi connectivity index (χ3v) is 8.64. The Bertz CT molecular complexity index is 1710. The summed E-state index contributed by atoms with van der Waals surface area (Å²) in [5.74, 6) is 1.57. The van der Waals surface area contributed by atoms with Crippen LogP contribution in [0.15, 0.2) is 65.8 Å². The summed E-state index contributed by atoms with van der Waals surface area (Å²) in [4.78, 5) is 38.5. The standard InChI is InChI=1S/C37H47N7O2S/c1-24-12-10-13-25(2)33(24)30-17-32-41-35(40-30)42-47-29-15-11-14-26(16-29)34(45)44(28(22-46-32)18-36(3,4)5)21-27-19-38-20-31(39-27)43(9)23-37(6,7)8/h10-17,19-20,28H,18,21-23H2,1-9H3,(H,40,41,42)/t28-/m1/s1. The van der Waals surface area contributed by atoms with Crippen molar-refractivity contribution in [3.8, 4) is 17.1 Å². The highest BCUT2D eigenvalue weighted by atomic mass is 32.2. The van der Waals surface area contributed by atoms with Gasteiger partial charge >= 0.3 is 0 Å². The minimum Gasteiger partial charge on any atom is -0.475 e. The van der Waals surface area contributed by atoms with Gasteiger partial charge in [-0.2, -0.15) is 4.98 Å². The van der Waals surface area contributed by atoms with Crippen molar-refractivity contribution in [1.29, 1.82) is 0 Å². The molecule has 47 heavy (non-hydrogen) atoms. The van der Waals surface area contributed by atoms with Crippen LogP contribution in [0.1, 0.15) is 75.1 Å². The van der Waals surface area contributed by atoms with Crippen LogP contribution in [-0.4, -0.2) is 57.0 Å². The molecule has 0 spiro atoms. The predicted molar refractivity (Wildman–Crippen MR) is 191 cm³/mol. The fourth-order valence-corrected chi connectivity index (χ4v) is 6.62. The Morgan fingerprint density at radius 1 is 0.957 bits per heavy atom. The molecule has 10 heteroatoms. The molecule has 1 aliphatic rings. The van der Waals surface area contributed by atoms with Crippen molar-refractivity contribution in [2.45, 2.75) is 79.3 Å². The van der Waals surface area contributed by atoms with Crippen molar-refractivity contribution in [2.24, 2.45) is 10.8 Å². The van der Waals surface area contributed by atoms with E-state index in [1.54, 1.807) is 12.4 Å². The van der Waals surface area contributed by atoms with Gasteiger partial charge in [-0.15, -0.1) is 0 Å². The minimum absolute atomic E-state index is 0.0871. The molecule has 3 heterocycles. The van der Waals surface area contributed by atoms with E-state index >= 15 is 0 Å². The second-order valence-electron chi connectivity index (χ2n) is 14.9. The number of ether oxygens (including phenoxy) is 1. The van der Waals surface area contributed by atoms with Gasteiger partial charge in [0.25, 0.3) is 5.91 Å². The Labute approximate surface area is 283 Å². The fraction of sp³-hybridized carbons (Fsp3) is 0.432. The highest BCUT2D eigenvalue weighted by Crippen LogP contribution is 2.32. The zero-order valence-corrected chi connectivity index (χ0v) is 29.9. The van der Waals surface area contributed by atoms with Crippen molar-refractivity contribution in [2.75, 3.05) is 29.8 Å². The summed E-state index contributed by atoms with van der Waals surface area (Å²) in [7, 11) is 2.03. The number of amides is 1. The molecular formula is C37H47N7O2S. The van der Waals surface area contributed by atoms with Crippen molar-refractivity contribution in [3.63, 3.8) is 0 Å². The second kappa shape index (κ2) is 13.9. The average Bonchev–Trinajstić information content (AvgIpc) is 2.99. The molecule has 0 saturated carbocycles. The van der Waals surface area contributed by atoms with Crippen molar-refractivity contribution in [1.82, 2.24) is 24.8 Å². The lowest BCUT2D eigenvalue weighted by atomic mass is 9.87. The largest absolute Gasteiger partial charge is 0.475 e. The highest BCUT2D eigenvalue weighted by molar-refractivity contribution is 8.00. The number of rotatable bonds is 6. The number of anilines is 2. The Kier molecular flexibility index (Phi) is 10.1. The third kappa shape index (κ3) is 9.00. The number of carbonyl (C=O) groups excluding carboxylic acids is 1. The van der Waals surface area contributed by atoms with Crippen LogP contribution in [-0.2, 0) is 6.54 Å². The van der Waals surface area contributed by atoms with Crippen molar-refractivity contribution in [3.05, 3.63) is 83.3 Å². The van der Waals surface area contributed by atoms with E-state index in [2.05, 4.69) is 88.2 Å². The third-order valence-electron chi connectivity index (χ3n) is 7.86. The van der Waals surface area contributed by atoms with Gasteiger partial charge in [-0.1, -0.05) is 65.8 Å². The molecule has 9 nitrogen and oxygen atoms in total. The maximum absolute atomic E-state index is 14.5. The molecule has 4 bridgehead atoms. The molecule has 1 atom stereocenters. The smallest absolute Gasteiger partial charge is 0.254 e. The molecule has 0 unspecified atom stereocenters. The zero-order valence-electron chi connectivity index (χ0n) is 29.1. The SMILES string of the molecule is Cc1cccc(C)c1-c1cc2nc(n1)NSc1cccc(c1)C(=O)N(Cc1cncc(N(C)CC(C)(C)C)n1)[C@H](CC(C)(C)C)CO2. The second-order valence-corrected chi connectivity index (χ2v) is 15.7. The van der Waals surface area contributed by atoms with Gasteiger partial charge in [-0.3, -0.25) is 14.5 Å². The quantitative estimate of drug-likeness (QED) is 0.208. The van der Waals surface area contributed by atoms with Gasteiger partial charge in [0.2, 0.25) is 11.8 Å². The molecule has 2 aromatic heterocycles. The first-order valence-corrected chi connectivity index (χ1v) is 16.9. The van der Waals surface area contributed by atoms with Gasteiger partial charge < -0.3 is 14.5 Å². The van der Waals surface area contributed by atoms with E-state index in [1.165, 1.54) is 11.9 Å². The Morgan fingerprint density at radius 3 is 2.38 bits per heavy atom. The number of nitrogens with one attached hydrogen (secondary N) is 1. The maximum Gasteiger partial charge on any atom is 0.254 e. The summed E-state index contributed by atoms with van der Waals surface area (Å²) >= 11 is 1.36. The van der Waals surface area contributed by atoms with Gasteiger partial charge in [0.05, 0.1) is 36.4 Å². The number of benzene rings is 2. The van der Waals surface area contributed by atoms with Crippen LogP contribution in [0.2, 0.25) is 0 Å². The number of aromatic nitrogens is 4. The number of fused-ring (bicyclic) bond motifs is 4. The molecule has 248 valence electrons. The van der Waals surface area contributed by atoms with E-state index in [0.717, 1.165) is 39.6 Å². The van der Waals surface area contributed by atoms with Crippen molar-refractivity contribution < 1.29 is 9.53 Å². The molecule has 1 amide bonds. The maximum atomic E-state index is 14.5. The van der Waals surface area contributed by atoms with E-state index in [0.29, 0.717) is 29.5 Å². The van der Waals surface area contributed by atoms with Crippen LogP contribution in [0.5, 0.6) is 5.88 Å². The van der Waals surface area contributed by atoms with Gasteiger partial charge in [0, 0.05) is 35.7 Å². The molecular weight excluding hydrogens is 607 g/mol. The zero-order chi connectivity index (χ0) is 33.9. The molecule has 0 saturated heterocycles.